The maximum absolute atomic E-state index is 14.0. The molecule has 26 heavy (non-hydrogen) atoms. The van der Waals surface area contributed by atoms with Gasteiger partial charge >= 0.3 is 0 Å². The van der Waals surface area contributed by atoms with Gasteiger partial charge in [-0.05, 0) is 12.0 Å². The molecule has 0 saturated carbocycles. The Morgan fingerprint density at radius 2 is 1.92 bits per heavy atom. The minimum Gasteiger partial charge on any atom is -0.348 e. The number of rotatable bonds is 6. The Morgan fingerprint density at radius 1 is 1.19 bits per heavy atom. The number of hydrogen-bond donors (Lipinski definition) is 0. The van der Waals surface area contributed by atoms with E-state index in [9.17, 15) is 4.39 Å². The van der Waals surface area contributed by atoms with Crippen LogP contribution in [-0.4, -0.2) is 23.2 Å². The van der Waals surface area contributed by atoms with E-state index in [0.717, 1.165) is 12.0 Å². The van der Waals surface area contributed by atoms with Gasteiger partial charge in [0.05, 0.1) is 18.8 Å². The fraction of sp³-hybridized carbons (Fsp3) is 0.450. The van der Waals surface area contributed by atoms with Crippen LogP contribution < -0.4 is 0 Å². The lowest BCUT2D eigenvalue weighted by molar-refractivity contribution is -0.206. The van der Waals surface area contributed by atoms with Crippen molar-refractivity contribution in [2.75, 3.05) is 13.2 Å². The van der Waals surface area contributed by atoms with Crippen LogP contribution in [0, 0.1) is 23.2 Å². The van der Waals surface area contributed by atoms with Gasteiger partial charge in [0.1, 0.15) is 6.07 Å². The Morgan fingerprint density at radius 3 is 2.54 bits per heavy atom. The molecule has 1 aromatic carbocycles. The molecule has 0 bridgehead atoms. The second-order valence-corrected chi connectivity index (χ2v) is 6.49. The predicted octanol–water partition coefficient (Wildman–Crippen LogP) is 4.40. The fourth-order valence-electron chi connectivity index (χ4n) is 3.01. The Balaban J connectivity index is 1.61. The lowest BCUT2D eigenvalue weighted by Crippen LogP contribution is -2.27. The lowest BCUT2D eigenvalue weighted by Gasteiger charge is -2.29. The number of nitriles is 1. The average molecular weight is 355 g/mol. The summed E-state index contributed by atoms with van der Waals surface area (Å²) in [5, 5.41) is 8.71. The van der Waals surface area contributed by atoms with Crippen molar-refractivity contribution in [3.8, 4) is 17.2 Å². The summed E-state index contributed by atoms with van der Waals surface area (Å²) in [6, 6.07) is 9.00. The summed E-state index contributed by atoms with van der Waals surface area (Å²) < 4.78 is 25.7. The summed E-state index contributed by atoms with van der Waals surface area (Å²) >= 11 is 0. The highest BCUT2D eigenvalue weighted by atomic mass is 19.1. The number of aromatic nitrogens is 2. The van der Waals surface area contributed by atoms with Crippen LogP contribution in [0.2, 0.25) is 0 Å². The highest BCUT2D eigenvalue weighted by Crippen LogP contribution is 2.29. The van der Waals surface area contributed by atoms with E-state index >= 15 is 0 Å². The van der Waals surface area contributed by atoms with Crippen LogP contribution in [0.15, 0.2) is 30.5 Å². The zero-order valence-corrected chi connectivity index (χ0v) is 14.8. The Hall–Kier alpha value is -2.36. The maximum Gasteiger partial charge on any atom is 0.234 e. The Labute approximate surface area is 152 Å². The first-order valence-corrected chi connectivity index (χ1v) is 8.97. The van der Waals surface area contributed by atoms with Crippen LogP contribution in [-0.2, 0) is 9.47 Å². The zero-order chi connectivity index (χ0) is 18.4. The van der Waals surface area contributed by atoms with E-state index < -0.39 is 5.95 Å². The number of benzene rings is 1. The highest BCUT2D eigenvalue weighted by molar-refractivity contribution is 5.62. The van der Waals surface area contributed by atoms with E-state index in [1.54, 1.807) is 18.2 Å². The van der Waals surface area contributed by atoms with Crippen LogP contribution in [0.1, 0.15) is 50.3 Å². The van der Waals surface area contributed by atoms with E-state index in [2.05, 4.69) is 16.9 Å². The molecular weight excluding hydrogens is 333 g/mol. The van der Waals surface area contributed by atoms with Gasteiger partial charge in [-0.15, -0.1) is 0 Å². The molecule has 136 valence electrons. The van der Waals surface area contributed by atoms with Crippen LogP contribution >= 0.6 is 0 Å². The SMILES string of the molecule is CCCCCC1COC(c2ccc(-c3cnc(C#N)nc3F)cc2)OC1. The van der Waals surface area contributed by atoms with Crippen LogP contribution in [0.4, 0.5) is 4.39 Å². The van der Waals surface area contributed by atoms with E-state index in [0.29, 0.717) is 24.7 Å². The van der Waals surface area contributed by atoms with E-state index in [4.69, 9.17) is 14.7 Å². The second-order valence-electron chi connectivity index (χ2n) is 6.49. The van der Waals surface area contributed by atoms with Gasteiger partial charge in [-0.2, -0.15) is 14.6 Å². The van der Waals surface area contributed by atoms with Crippen molar-refractivity contribution in [2.45, 2.75) is 38.9 Å². The fourth-order valence-corrected chi connectivity index (χ4v) is 3.01. The Bertz CT molecular complexity index is 766. The van der Waals surface area contributed by atoms with Gasteiger partial charge in [-0.1, -0.05) is 50.5 Å². The summed E-state index contributed by atoms with van der Waals surface area (Å²) in [6.07, 6.45) is 5.76. The first-order chi connectivity index (χ1) is 12.7. The molecule has 1 aliphatic heterocycles. The third-order valence-corrected chi connectivity index (χ3v) is 4.52. The standard InChI is InChI=1S/C20H22FN3O2/c1-2-3-4-5-14-12-25-20(26-13-14)16-8-6-15(7-9-16)17-11-23-18(10-22)24-19(17)21/h6-9,11,14,20H,2-5,12-13H2,1H3. The smallest absolute Gasteiger partial charge is 0.234 e. The van der Waals surface area contributed by atoms with Gasteiger partial charge in [-0.25, -0.2) is 4.98 Å². The van der Waals surface area contributed by atoms with Crippen molar-refractivity contribution < 1.29 is 13.9 Å². The molecule has 3 rings (SSSR count). The van der Waals surface area contributed by atoms with Gasteiger partial charge in [0.2, 0.25) is 11.8 Å². The molecule has 1 aliphatic rings. The summed E-state index contributed by atoms with van der Waals surface area (Å²) in [5.74, 6) is -0.424. The molecule has 0 aliphatic carbocycles. The molecule has 1 aromatic heterocycles. The third-order valence-electron chi connectivity index (χ3n) is 4.52. The molecule has 6 heteroatoms. The van der Waals surface area contributed by atoms with Crippen LogP contribution in [0.5, 0.6) is 0 Å². The van der Waals surface area contributed by atoms with E-state index in [1.807, 2.05) is 12.1 Å². The number of hydrogen-bond acceptors (Lipinski definition) is 5. The van der Waals surface area contributed by atoms with Crippen molar-refractivity contribution in [2.24, 2.45) is 5.92 Å². The van der Waals surface area contributed by atoms with Crippen LogP contribution in [0.3, 0.4) is 0 Å². The van der Waals surface area contributed by atoms with Crippen molar-refractivity contribution in [3.63, 3.8) is 0 Å². The quantitative estimate of drug-likeness (QED) is 0.567. The number of nitrogens with zero attached hydrogens (tertiary/aromatic N) is 3. The first-order valence-electron chi connectivity index (χ1n) is 8.97. The van der Waals surface area contributed by atoms with Crippen molar-refractivity contribution in [1.82, 2.24) is 9.97 Å². The minimum absolute atomic E-state index is 0.180. The molecule has 0 radical (unpaired) electrons. The second kappa shape index (κ2) is 8.84. The summed E-state index contributed by atoms with van der Waals surface area (Å²) in [6.45, 7) is 3.60. The molecule has 2 heterocycles. The van der Waals surface area contributed by atoms with Gasteiger partial charge in [0, 0.05) is 17.7 Å². The van der Waals surface area contributed by atoms with Crippen molar-refractivity contribution >= 4 is 0 Å². The summed E-state index contributed by atoms with van der Waals surface area (Å²) in [7, 11) is 0. The molecule has 0 spiro atoms. The average Bonchev–Trinajstić information content (AvgIpc) is 2.69. The minimum atomic E-state index is -0.704. The van der Waals surface area contributed by atoms with Gasteiger partial charge in [-0.3, -0.25) is 0 Å². The van der Waals surface area contributed by atoms with Crippen molar-refractivity contribution in [3.05, 3.63) is 47.8 Å². The molecule has 0 unspecified atom stereocenters. The molecule has 0 N–H and O–H groups in total. The Kier molecular flexibility index (Phi) is 6.26. The lowest BCUT2D eigenvalue weighted by atomic mass is 10.0. The molecule has 5 nitrogen and oxygen atoms in total. The zero-order valence-electron chi connectivity index (χ0n) is 14.8. The molecule has 2 aromatic rings. The number of halogens is 1. The maximum atomic E-state index is 14.0. The van der Waals surface area contributed by atoms with E-state index in [-0.39, 0.29) is 17.7 Å². The normalized spacial score (nSPS) is 19.9. The largest absolute Gasteiger partial charge is 0.348 e. The highest BCUT2D eigenvalue weighted by Gasteiger charge is 2.23. The molecule has 1 saturated heterocycles. The number of unbranched alkanes of at least 4 members (excludes halogenated alkanes) is 2. The van der Waals surface area contributed by atoms with Gasteiger partial charge in [0.15, 0.2) is 6.29 Å². The molecule has 1 fully saturated rings. The van der Waals surface area contributed by atoms with Gasteiger partial charge < -0.3 is 9.47 Å². The van der Waals surface area contributed by atoms with E-state index in [1.165, 1.54) is 25.5 Å². The van der Waals surface area contributed by atoms with Gasteiger partial charge in [0.25, 0.3) is 0 Å². The summed E-state index contributed by atoms with van der Waals surface area (Å²) in [4.78, 5) is 7.35. The molecular formula is C20H22FN3O2. The monoisotopic (exact) mass is 355 g/mol. The van der Waals surface area contributed by atoms with Crippen LogP contribution in [0.25, 0.3) is 11.1 Å². The molecule has 0 amide bonds. The molecule has 0 atom stereocenters. The summed E-state index contributed by atoms with van der Waals surface area (Å²) in [5.41, 5.74) is 1.80. The predicted molar refractivity (Wildman–Crippen MR) is 94.4 cm³/mol. The number of ether oxygens (including phenoxy) is 2. The topological polar surface area (TPSA) is 68.0 Å². The van der Waals surface area contributed by atoms with Crippen molar-refractivity contribution in [1.29, 1.82) is 5.26 Å². The first kappa shape index (κ1) is 18.4. The third kappa shape index (κ3) is 4.43.